The lowest BCUT2D eigenvalue weighted by Gasteiger charge is -2.27. The molecule has 0 spiro atoms. The molecule has 140 valence electrons. The van der Waals surface area contributed by atoms with Gasteiger partial charge < -0.3 is 9.88 Å². The van der Waals surface area contributed by atoms with Gasteiger partial charge in [0.1, 0.15) is 0 Å². The van der Waals surface area contributed by atoms with E-state index < -0.39 is 0 Å². The van der Waals surface area contributed by atoms with E-state index >= 15 is 0 Å². The Morgan fingerprint density at radius 3 is 2.30 bits per heavy atom. The second kappa shape index (κ2) is 7.29. The number of hydrazine groups is 1. The second-order valence-corrected chi connectivity index (χ2v) is 7.37. The lowest BCUT2D eigenvalue weighted by Crippen LogP contribution is -2.54. The molecule has 1 saturated heterocycles. The van der Waals surface area contributed by atoms with Gasteiger partial charge in [0.2, 0.25) is 5.91 Å². The molecule has 3 aromatic rings. The van der Waals surface area contributed by atoms with Gasteiger partial charge in [-0.1, -0.05) is 23.2 Å². The molecule has 2 aromatic carbocycles. The minimum Gasteiger partial charge on any atom is -0.340 e. The molecule has 0 saturated carbocycles. The van der Waals surface area contributed by atoms with Gasteiger partial charge in [-0.2, -0.15) is 0 Å². The zero-order valence-corrected chi connectivity index (χ0v) is 16.0. The van der Waals surface area contributed by atoms with Gasteiger partial charge in [0.05, 0.1) is 0 Å². The Morgan fingerprint density at radius 2 is 1.70 bits per heavy atom. The molecule has 1 aromatic heterocycles. The molecule has 4 rings (SSSR count). The van der Waals surface area contributed by atoms with Crippen LogP contribution in [0.2, 0.25) is 10.0 Å². The standard InChI is InChI=1S/C19H18Cl2N4O2/c20-12-2-4-16-14(10-12)15-11-13(21)3-5-17(15)24(16)9-6-18(26)23-25-8-1-7-22-19(25)27/h2-5,10-11H,1,6-9H2,(H,22,27)(H,23,26). The van der Waals surface area contributed by atoms with Crippen molar-refractivity contribution < 1.29 is 9.59 Å². The summed E-state index contributed by atoms with van der Waals surface area (Å²) in [6, 6.07) is 11.1. The molecule has 0 aliphatic carbocycles. The number of rotatable bonds is 4. The highest BCUT2D eigenvalue weighted by molar-refractivity contribution is 6.33. The summed E-state index contributed by atoms with van der Waals surface area (Å²) in [5, 5.41) is 7.33. The van der Waals surface area contributed by atoms with Crippen molar-refractivity contribution in [3.05, 3.63) is 46.4 Å². The topological polar surface area (TPSA) is 66.4 Å². The monoisotopic (exact) mass is 404 g/mol. The van der Waals surface area contributed by atoms with Crippen molar-refractivity contribution in [2.45, 2.75) is 19.4 Å². The Bertz CT molecular complexity index is 988. The predicted octanol–water partition coefficient (Wildman–Crippen LogP) is 3.94. The number of benzene rings is 2. The highest BCUT2D eigenvalue weighted by atomic mass is 35.5. The molecule has 0 atom stereocenters. The van der Waals surface area contributed by atoms with Gasteiger partial charge in [-0.25, -0.2) is 9.80 Å². The lowest BCUT2D eigenvalue weighted by molar-refractivity contribution is -0.125. The molecular weight excluding hydrogens is 387 g/mol. The van der Waals surface area contributed by atoms with Crippen molar-refractivity contribution >= 4 is 56.9 Å². The molecule has 6 nitrogen and oxygen atoms in total. The van der Waals surface area contributed by atoms with E-state index in [1.807, 2.05) is 36.4 Å². The van der Waals surface area contributed by atoms with Crippen molar-refractivity contribution in [2.75, 3.05) is 13.1 Å². The van der Waals surface area contributed by atoms with Crippen LogP contribution in [0.5, 0.6) is 0 Å². The maximum Gasteiger partial charge on any atom is 0.336 e. The van der Waals surface area contributed by atoms with E-state index in [1.54, 1.807) is 0 Å². The Kier molecular flexibility index (Phi) is 4.85. The van der Waals surface area contributed by atoms with Crippen LogP contribution in [0.15, 0.2) is 36.4 Å². The number of hydrogen-bond donors (Lipinski definition) is 2. The number of urea groups is 1. The highest BCUT2D eigenvalue weighted by Crippen LogP contribution is 2.32. The number of amides is 3. The van der Waals surface area contributed by atoms with Crippen LogP contribution >= 0.6 is 23.2 Å². The van der Waals surface area contributed by atoms with Crippen molar-refractivity contribution in [1.29, 1.82) is 0 Å². The number of nitrogens with zero attached hydrogens (tertiary/aromatic N) is 2. The summed E-state index contributed by atoms with van der Waals surface area (Å²) in [6.45, 7) is 1.63. The number of hydrogen-bond acceptors (Lipinski definition) is 2. The maximum atomic E-state index is 12.3. The molecule has 2 N–H and O–H groups in total. The van der Waals surface area contributed by atoms with Crippen molar-refractivity contribution in [3.8, 4) is 0 Å². The Balaban J connectivity index is 1.59. The summed E-state index contributed by atoms with van der Waals surface area (Å²) >= 11 is 12.3. The number of aromatic nitrogens is 1. The van der Waals surface area contributed by atoms with E-state index in [1.165, 1.54) is 5.01 Å². The first kappa shape index (κ1) is 17.9. The third-order valence-electron chi connectivity index (χ3n) is 4.69. The molecule has 0 unspecified atom stereocenters. The summed E-state index contributed by atoms with van der Waals surface area (Å²) in [4.78, 5) is 24.1. The molecular formula is C19H18Cl2N4O2. The number of halogens is 2. The van der Waals surface area contributed by atoms with Gasteiger partial charge >= 0.3 is 6.03 Å². The Labute approximate surface area is 166 Å². The van der Waals surface area contributed by atoms with Gasteiger partial charge in [-0.05, 0) is 42.8 Å². The summed E-state index contributed by atoms with van der Waals surface area (Å²) in [5.41, 5.74) is 4.64. The van der Waals surface area contributed by atoms with Crippen LogP contribution in [0.1, 0.15) is 12.8 Å². The number of carbonyl (C=O) groups is 2. The number of nitrogens with one attached hydrogen (secondary N) is 2. The van der Waals surface area contributed by atoms with Gasteiger partial charge in [0, 0.05) is 57.9 Å². The molecule has 0 radical (unpaired) electrons. The number of aryl methyl sites for hydroxylation is 1. The van der Waals surface area contributed by atoms with E-state index in [4.69, 9.17) is 23.2 Å². The fourth-order valence-corrected chi connectivity index (χ4v) is 3.79. The third-order valence-corrected chi connectivity index (χ3v) is 5.16. The van der Waals surface area contributed by atoms with Gasteiger partial charge in [0.25, 0.3) is 0 Å². The molecule has 8 heteroatoms. The summed E-state index contributed by atoms with van der Waals surface area (Å²) < 4.78 is 2.08. The first-order valence-electron chi connectivity index (χ1n) is 8.75. The van der Waals surface area contributed by atoms with Crippen molar-refractivity contribution in [2.24, 2.45) is 0 Å². The van der Waals surface area contributed by atoms with Crippen LogP contribution in [0, 0.1) is 0 Å². The van der Waals surface area contributed by atoms with Crippen LogP contribution in [0.25, 0.3) is 21.8 Å². The Morgan fingerprint density at radius 1 is 1.07 bits per heavy atom. The molecule has 1 aliphatic heterocycles. The summed E-state index contributed by atoms with van der Waals surface area (Å²) in [7, 11) is 0. The largest absolute Gasteiger partial charge is 0.340 e. The minimum absolute atomic E-state index is 0.204. The van der Waals surface area contributed by atoms with E-state index in [0.717, 1.165) is 28.2 Å². The molecule has 1 aliphatic rings. The quantitative estimate of drug-likeness (QED) is 0.691. The number of fused-ring (bicyclic) bond motifs is 3. The third kappa shape index (κ3) is 3.55. The van der Waals surface area contributed by atoms with Crippen LogP contribution in [0.3, 0.4) is 0 Å². The zero-order valence-electron chi connectivity index (χ0n) is 14.5. The SMILES string of the molecule is O=C(CCn1c2ccc(Cl)cc2c2cc(Cl)ccc21)NN1CCCNC1=O. The number of carbonyl (C=O) groups excluding carboxylic acids is 2. The smallest absolute Gasteiger partial charge is 0.336 e. The van der Waals surface area contributed by atoms with Crippen LogP contribution < -0.4 is 10.7 Å². The molecule has 3 amide bonds. The van der Waals surface area contributed by atoms with Gasteiger partial charge in [-0.3, -0.25) is 10.2 Å². The molecule has 2 heterocycles. The second-order valence-electron chi connectivity index (χ2n) is 6.50. The van der Waals surface area contributed by atoms with E-state index in [9.17, 15) is 9.59 Å². The fraction of sp³-hybridized carbons (Fsp3) is 0.263. The predicted molar refractivity (Wildman–Crippen MR) is 107 cm³/mol. The van der Waals surface area contributed by atoms with E-state index in [-0.39, 0.29) is 18.4 Å². The lowest BCUT2D eigenvalue weighted by atomic mass is 10.1. The summed E-state index contributed by atoms with van der Waals surface area (Å²) in [5.74, 6) is -0.204. The van der Waals surface area contributed by atoms with Crippen LogP contribution in [0.4, 0.5) is 4.79 Å². The Hall–Kier alpha value is -2.44. The first-order chi connectivity index (χ1) is 13.0. The van der Waals surface area contributed by atoms with E-state index in [0.29, 0.717) is 29.7 Å². The summed E-state index contributed by atoms with van der Waals surface area (Å²) in [6.07, 6.45) is 1.05. The van der Waals surface area contributed by atoms with Crippen LogP contribution in [-0.2, 0) is 11.3 Å². The molecule has 0 bridgehead atoms. The van der Waals surface area contributed by atoms with E-state index in [2.05, 4.69) is 15.3 Å². The van der Waals surface area contributed by atoms with Crippen molar-refractivity contribution in [1.82, 2.24) is 20.3 Å². The minimum atomic E-state index is -0.268. The maximum absolute atomic E-state index is 12.3. The van der Waals surface area contributed by atoms with Gasteiger partial charge in [-0.15, -0.1) is 0 Å². The van der Waals surface area contributed by atoms with Gasteiger partial charge in [0.15, 0.2) is 0 Å². The van der Waals surface area contributed by atoms with Crippen molar-refractivity contribution in [3.63, 3.8) is 0 Å². The average Bonchev–Trinajstić information content (AvgIpc) is 2.94. The normalized spacial score (nSPS) is 14.6. The average molecular weight is 405 g/mol. The highest BCUT2D eigenvalue weighted by Gasteiger charge is 2.20. The zero-order chi connectivity index (χ0) is 19.0. The first-order valence-corrected chi connectivity index (χ1v) is 9.50. The molecule has 1 fully saturated rings. The van der Waals surface area contributed by atoms with Crippen LogP contribution in [-0.4, -0.2) is 34.6 Å². The molecule has 27 heavy (non-hydrogen) atoms. The fourth-order valence-electron chi connectivity index (χ4n) is 3.45.